The van der Waals surface area contributed by atoms with Crippen molar-refractivity contribution in [2.24, 2.45) is 0 Å². The van der Waals surface area contributed by atoms with E-state index in [0.29, 0.717) is 0 Å². The zero-order chi connectivity index (χ0) is 35.7. The minimum Gasteiger partial charge on any atom is -0.0588 e. The average molecular weight is 655 g/mol. The Morgan fingerprint density at radius 2 is 0.480 bits per heavy atom. The summed E-state index contributed by atoms with van der Waals surface area (Å²) < 4.78 is 0. The highest BCUT2D eigenvalue weighted by Gasteiger charge is 2.16. The second kappa shape index (κ2) is 14.7. The lowest BCUT2D eigenvalue weighted by Crippen LogP contribution is -2.03. The minimum absolute atomic E-state index is 0.928. The molecular formula is C50H54. The van der Waals surface area contributed by atoms with E-state index < -0.39 is 0 Å². The van der Waals surface area contributed by atoms with Gasteiger partial charge in [-0.3, -0.25) is 0 Å². The molecule has 0 aliphatic heterocycles. The van der Waals surface area contributed by atoms with Crippen molar-refractivity contribution in [3.05, 3.63) is 197 Å². The Labute approximate surface area is 302 Å². The van der Waals surface area contributed by atoms with Gasteiger partial charge in [-0.05, 0) is 206 Å². The molecule has 0 aliphatic carbocycles. The van der Waals surface area contributed by atoms with Crippen LogP contribution in [0, 0.1) is 69.2 Å². The molecule has 0 heteroatoms. The van der Waals surface area contributed by atoms with Crippen LogP contribution in [-0.4, -0.2) is 0 Å². The topological polar surface area (TPSA) is 0 Å². The van der Waals surface area contributed by atoms with Crippen LogP contribution in [-0.2, 0) is 25.7 Å². The smallest absolute Gasteiger partial charge is 0.00227 e. The van der Waals surface area contributed by atoms with Crippen molar-refractivity contribution < 1.29 is 0 Å². The van der Waals surface area contributed by atoms with Crippen LogP contribution >= 0.6 is 0 Å². The molecule has 6 rings (SSSR count). The fourth-order valence-electron chi connectivity index (χ4n) is 7.28. The normalized spacial score (nSPS) is 11.3. The summed E-state index contributed by atoms with van der Waals surface area (Å²) in [5.74, 6) is 0. The van der Waals surface area contributed by atoms with Crippen LogP contribution in [0.25, 0.3) is 11.1 Å². The predicted molar refractivity (Wildman–Crippen MR) is 216 cm³/mol. The van der Waals surface area contributed by atoms with E-state index >= 15 is 0 Å². The number of rotatable bonds is 9. The van der Waals surface area contributed by atoms with Crippen LogP contribution in [0.4, 0.5) is 0 Å². The molecule has 0 bridgehead atoms. The van der Waals surface area contributed by atoms with Crippen LogP contribution < -0.4 is 0 Å². The zero-order valence-electron chi connectivity index (χ0n) is 32.1. The summed E-state index contributed by atoms with van der Waals surface area (Å²) >= 11 is 0. The fraction of sp³-hybridized carbons (Fsp3) is 0.280. The highest BCUT2D eigenvalue weighted by Crippen LogP contribution is 2.34. The van der Waals surface area contributed by atoms with E-state index in [4.69, 9.17) is 0 Å². The van der Waals surface area contributed by atoms with E-state index in [9.17, 15) is 0 Å². The lowest BCUT2D eigenvalue weighted by molar-refractivity contribution is 1.07. The molecule has 0 saturated heterocycles. The van der Waals surface area contributed by atoms with Gasteiger partial charge in [-0.1, -0.05) is 97.1 Å². The Morgan fingerprint density at radius 3 is 0.680 bits per heavy atom. The van der Waals surface area contributed by atoms with Gasteiger partial charge in [-0.25, -0.2) is 0 Å². The maximum atomic E-state index is 2.48. The van der Waals surface area contributed by atoms with E-state index in [0.717, 1.165) is 25.7 Å². The predicted octanol–water partition coefficient (Wildman–Crippen LogP) is 12.8. The maximum Gasteiger partial charge on any atom is -0.00227 e. The zero-order valence-corrected chi connectivity index (χ0v) is 32.1. The lowest BCUT2D eigenvalue weighted by atomic mass is 9.85. The first kappa shape index (κ1) is 35.2. The van der Waals surface area contributed by atoms with Gasteiger partial charge in [0.2, 0.25) is 0 Å². The Morgan fingerprint density at radius 1 is 0.260 bits per heavy atom. The lowest BCUT2D eigenvalue weighted by Gasteiger charge is -2.19. The van der Waals surface area contributed by atoms with Gasteiger partial charge in [0.05, 0.1) is 0 Å². The molecule has 0 atom stereocenters. The summed E-state index contributed by atoms with van der Waals surface area (Å²) in [7, 11) is 0. The SMILES string of the molecule is Cc1ccc(Cc2cc(-c3cc(Cc4ccc(C)c(C)c4)c(C)c(Cc4ccc(C)c(C)c4)c3)cc(Cc3ccc(C)c(C)c3)c2C)cc1C. The molecule has 0 radical (unpaired) electrons. The van der Waals surface area contributed by atoms with E-state index in [2.05, 4.69) is 166 Å². The van der Waals surface area contributed by atoms with Crippen molar-refractivity contribution in [3.8, 4) is 11.1 Å². The molecule has 50 heavy (non-hydrogen) atoms. The molecule has 0 fully saturated rings. The molecule has 0 heterocycles. The molecule has 0 saturated carbocycles. The molecule has 6 aromatic carbocycles. The molecule has 0 N–H and O–H groups in total. The minimum atomic E-state index is 0.928. The maximum absolute atomic E-state index is 2.48. The third kappa shape index (κ3) is 7.87. The highest BCUT2D eigenvalue weighted by atomic mass is 14.2. The van der Waals surface area contributed by atoms with Crippen molar-refractivity contribution in [1.82, 2.24) is 0 Å². The average Bonchev–Trinajstić information content (AvgIpc) is 3.07. The van der Waals surface area contributed by atoms with Crippen molar-refractivity contribution in [1.29, 1.82) is 0 Å². The van der Waals surface area contributed by atoms with Crippen LogP contribution in [0.2, 0.25) is 0 Å². The second-order valence-electron chi connectivity index (χ2n) is 15.2. The molecule has 0 aliphatic rings. The van der Waals surface area contributed by atoms with Gasteiger partial charge in [-0.15, -0.1) is 0 Å². The Hall–Kier alpha value is -4.68. The quantitative estimate of drug-likeness (QED) is 0.146. The summed E-state index contributed by atoms with van der Waals surface area (Å²) in [6.07, 6.45) is 3.71. The molecule has 0 nitrogen and oxygen atoms in total. The van der Waals surface area contributed by atoms with E-state index in [-0.39, 0.29) is 0 Å². The Balaban J connectivity index is 1.51. The van der Waals surface area contributed by atoms with Crippen LogP contribution in [0.15, 0.2) is 97.1 Å². The molecule has 0 aromatic heterocycles. The largest absolute Gasteiger partial charge is 0.0588 e. The first-order chi connectivity index (χ1) is 23.8. The van der Waals surface area contributed by atoms with Gasteiger partial charge < -0.3 is 0 Å². The number of hydrogen-bond acceptors (Lipinski definition) is 0. The molecule has 0 unspecified atom stereocenters. The Kier molecular flexibility index (Phi) is 10.3. The second-order valence-corrected chi connectivity index (χ2v) is 15.2. The van der Waals surface area contributed by atoms with Crippen LogP contribution in [0.1, 0.15) is 100 Å². The molecule has 0 amide bonds. The van der Waals surface area contributed by atoms with E-state index in [1.165, 1.54) is 111 Å². The van der Waals surface area contributed by atoms with Gasteiger partial charge in [0.1, 0.15) is 0 Å². The van der Waals surface area contributed by atoms with Crippen molar-refractivity contribution in [3.63, 3.8) is 0 Å². The summed E-state index contributed by atoms with van der Waals surface area (Å²) in [6.45, 7) is 22.4. The molecule has 0 spiro atoms. The number of aryl methyl sites for hydroxylation is 8. The molecule has 254 valence electrons. The third-order valence-electron chi connectivity index (χ3n) is 11.4. The first-order valence-electron chi connectivity index (χ1n) is 18.3. The van der Waals surface area contributed by atoms with Crippen LogP contribution in [0.3, 0.4) is 0 Å². The Bertz CT molecular complexity index is 1900. The van der Waals surface area contributed by atoms with E-state index in [1.54, 1.807) is 0 Å². The first-order valence-corrected chi connectivity index (χ1v) is 18.3. The van der Waals surface area contributed by atoms with Crippen LogP contribution in [0.5, 0.6) is 0 Å². The van der Waals surface area contributed by atoms with Crippen molar-refractivity contribution >= 4 is 0 Å². The fourth-order valence-corrected chi connectivity index (χ4v) is 7.28. The molecule has 6 aromatic rings. The van der Waals surface area contributed by atoms with Gasteiger partial charge in [0, 0.05) is 0 Å². The van der Waals surface area contributed by atoms with Gasteiger partial charge in [0.15, 0.2) is 0 Å². The summed E-state index contributed by atoms with van der Waals surface area (Å²) in [5.41, 5.74) is 27.4. The number of benzene rings is 6. The van der Waals surface area contributed by atoms with Crippen molar-refractivity contribution in [2.75, 3.05) is 0 Å². The summed E-state index contributed by atoms with van der Waals surface area (Å²) in [6, 6.07) is 37.8. The van der Waals surface area contributed by atoms with E-state index in [1.807, 2.05) is 0 Å². The van der Waals surface area contributed by atoms with Gasteiger partial charge >= 0.3 is 0 Å². The summed E-state index contributed by atoms with van der Waals surface area (Å²) in [4.78, 5) is 0. The third-order valence-corrected chi connectivity index (χ3v) is 11.4. The standard InChI is InChI=1S/C50H54/c1-31-11-15-41(19-35(31)5)23-45-27-49(28-46(39(45)9)24-42-16-12-32(2)36(6)20-42)50-29-47(25-43-17-13-33(3)37(7)21-43)40(10)48(30-50)26-44-18-14-34(4)38(8)22-44/h11-22,27-30H,23-26H2,1-10H3. The molecular weight excluding hydrogens is 601 g/mol. The van der Waals surface area contributed by atoms with Gasteiger partial charge in [0.25, 0.3) is 0 Å². The monoisotopic (exact) mass is 654 g/mol. The summed E-state index contributed by atoms with van der Waals surface area (Å²) in [5, 5.41) is 0. The highest BCUT2D eigenvalue weighted by molar-refractivity contribution is 5.70. The van der Waals surface area contributed by atoms with Crippen molar-refractivity contribution in [2.45, 2.75) is 94.9 Å². The number of hydrogen-bond donors (Lipinski definition) is 0. The van der Waals surface area contributed by atoms with Gasteiger partial charge in [-0.2, -0.15) is 0 Å².